The minimum absolute atomic E-state index is 0.0481. The average Bonchev–Trinajstić information content (AvgIpc) is 3.48. The van der Waals surface area contributed by atoms with Gasteiger partial charge in [-0.2, -0.15) is 0 Å². The molecule has 2 aromatic carbocycles. The fourth-order valence-corrected chi connectivity index (χ4v) is 5.91. The van der Waals surface area contributed by atoms with Crippen molar-refractivity contribution < 1.29 is 4.79 Å². The van der Waals surface area contributed by atoms with Gasteiger partial charge in [-0.1, -0.05) is 59.8 Å². The average molecular weight is 481 g/mol. The highest BCUT2D eigenvalue weighted by Crippen LogP contribution is 2.38. The molecule has 0 spiro atoms. The third-order valence-electron chi connectivity index (χ3n) is 5.68. The Morgan fingerprint density at radius 3 is 2.88 bits per heavy atom. The first-order valence-corrected chi connectivity index (χ1v) is 12.6. The van der Waals surface area contributed by atoms with E-state index in [1.165, 1.54) is 22.2 Å². The summed E-state index contributed by atoms with van der Waals surface area (Å²) in [6.07, 6.45) is 2.55. The summed E-state index contributed by atoms with van der Waals surface area (Å²) in [5, 5.41) is 11.8. The molecule has 1 amide bonds. The van der Waals surface area contributed by atoms with Crippen LogP contribution in [0, 0.1) is 6.92 Å². The Morgan fingerprint density at radius 1 is 1.22 bits per heavy atom. The van der Waals surface area contributed by atoms with E-state index in [1.807, 2.05) is 52.8 Å². The number of benzene rings is 2. The Balaban J connectivity index is 1.37. The van der Waals surface area contributed by atoms with Gasteiger partial charge in [0.15, 0.2) is 5.16 Å². The predicted molar refractivity (Wildman–Crippen MR) is 130 cm³/mol. The molecule has 1 atom stereocenters. The quantitative estimate of drug-likeness (QED) is 0.351. The SMILES string of the molecule is Cc1ccc(-n2cnnc2SCC(=O)N2CCc3sccc3C2c2ccccc2)cc1Cl. The number of hydrogen-bond acceptors (Lipinski definition) is 5. The molecule has 3 heterocycles. The molecular formula is C24H21ClN4OS2. The molecule has 8 heteroatoms. The van der Waals surface area contributed by atoms with Crippen molar-refractivity contribution in [1.82, 2.24) is 19.7 Å². The summed E-state index contributed by atoms with van der Waals surface area (Å²) in [6.45, 7) is 2.68. The Bertz CT molecular complexity index is 1250. The van der Waals surface area contributed by atoms with Gasteiger partial charge in [0.1, 0.15) is 6.33 Å². The largest absolute Gasteiger partial charge is 0.330 e. The van der Waals surface area contributed by atoms with Crippen LogP contribution >= 0.6 is 34.7 Å². The van der Waals surface area contributed by atoms with Crippen LogP contribution in [0.4, 0.5) is 0 Å². The zero-order valence-corrected chi connectivity index (χ0v) is 19.8. The van der Waals surface area contributed by atoms with Gasteiger partial charge < -0.3 is 4.90 Å². The second kappa shape index (κ2) is 9.10. The fraction of sp³-hybridized carbons (Fsp3) is 0.208. The van der Waals surface area contributed by atoms with Crippen LogP contribution in [0.2, 0.25) is 5.02 Å². The molecule has 0 N–H and O–H groups in total. The zero-order chi connectivity index (χ0) is 22.1. The molecule has 0 aliphatic carbocycles. The lowest BCUT2D eigenvalue weighted by Crippen LogP contribution is -2.41. The van der Waals surface area contributed by atoms with Crippen molar-refractivity contribution in [2.24, 2.45) is 0 Å². The lowest BCUT2D eigenvalue weighted by molar-refractivity contribution is -0.130. The number of hydrogen-bond donors (Lipinski definition) is 0. The maximum atomic E-state index is 13.4. The monoisotopic (exact) mass is 480 g/mol. The molecule has 2 aromatic heterocycles. The van der Waals surface area contributed by atoms with Crippen LogP contribution in [-0.4, -0.2) is 37.9 Å². The first-order valence-electron chi connectivity index (χ1n) is 10.3. The van der Waals surface area contributed by atoms with E-state index in [4.69, 9.17) is 11.6 Å². The number of aryl methyl sites for hydroxylation is 1. The van der Waals surface area contributed by atoms with Gasteiger partial charge in [-0.3, -0.25) is 9.36 Å². The van der Waals surface area contributed by atoms with Gasteiger partial charge in [-0.25, -0.2) is 0 Å². The number of rotatable bonds is 5. The molecule has 5 nitrogen and oxygen atoms in total. The summed E-state index contributed by atoms with van der Waals surface area (Å²) >= 11 is 9.47. The number of nitrogens with zero attached hydrogens (tertiary/aromatic N) is 4. The van der Waals surface area contributed by atoms with Crippen molar-refractivity contribution in [3.63, 3.8) is 0 Å². The van der Waals surface area contributed by atoms with Gasteiger partial charge >= 0.3 is 0 Å². The van der Waals surface area contributed by atoms with Crippen molar-refractivity contribution >= 4 is 40.6 Å². The molecule has 0 bridgehead atoms. The number of aromatic nitrogens is 3. The summed E-state index contributed by atoms with van der Waals surface area (Å²) in [6, 6.07) is 18.2. The van der Waals surface area contributed by atoms with Gasteiger partial charge in [0.2, 0.25) is 5.91 Å². The Morgan fingerprint density at radius 2 is 2.06 bits per heavy atom. The van der Waals surface area contributed by atoms with Gasteiger partial charge in [-0.15, -0.1) is 21.5 Å². The van der Waals surface area contributed by atoms with Crippen molar-refractivity contribution in [3.8, 4) is 5.69 Å². The Kier molecular flexibility index (Phi) is 6.04. The highest BCUT2D eigenvalue weighted by Gasteiger charge is 2.32. The summed E-state index contributed by atoms with van der Waals surface area (Å²) in [7, 11) is 0. The van der Waals surface area contributed by atoms with Crippen LogP contribution in [0.3, 0.4) is 0 Å². The molecule has 1 unspecified atom stereocenters. The molecule has 0 saturated heterocycles. The maximum Gasteiger partial charge on any atom is 0.233 e. The number of carbonyl (C=O) groups excluding carboxylic acids is 1. The molecule has 0 radical (unpaired) electrons. The van der Waals surface area contributed by atoms with E-state index in [1.54, 1.807) is 17.7 Å². The second-order valence-corrected chi connectivity index (χ2v) is 10.0. The van der Waals surface area contributed by atoms with Crippen LogP contribution in [0.5, 0.6) is 0 Å². The van der Waals surface area contributed by atoms with Crippen molar-refractivity contribution in [3.05, 3.63) is 92.9 Å². The van der Waals surface area contributed by atoms with E-state index in [0.717, 1.165) is 23.2 Å². The van der Waals surface area contributed by atoms with Crippen molar-refractivity contribution in [2.75, 3.05) is 12.3 Å². The number of halogens is 1. The number of thiophene rings is 1. The molecule has 0 fully saturated rings. The third-order valence-corrected chi connectivity index (χ3v) is 8.01. The highest BCUT2D eigenvalue weighted by atomic mass is 35.5. The van der Waals surface area contributed by atoms with E-state index in [0.29, 0.717) is 22.5 Å². The van der Waals surface area contributed by atoms with E-state index in [-0.39, 0.29) is 11.9 Å². The van der Waals surface area contributed by atoms with Crippen LogP contribution in [0.15, 0.2) is 71.5 Å². The van der Waals surface area contributed by atoms with Gasteiger partial charge in [-0.05, 0) is 53.6 Å². The number of carbonyl (C=O) groups is 1. The molecule has 1 aliphatic rings. The summed E-state index contributed by atoms with van der Waals surface area (Å²) in [5.74, 6) is 0.387. The van der Waals surface area contributed by atoms with Crippen molar-refractivity contribution in [1.29, 1.82) is 0 Å². The molecular weight excluding hydrogens is 460 g/mol. The standard InChI is InChI=1S/C24H21ClN4OS2/c1-16-7-8-18(13-20(16)25)29-15-26-27-24(29)32-14-22(30)28-11-9-21-19(10-12-31-21)23(28)17-5-3-2-4-6-17/h2-8,10,12-13,15,23H,9,11,14H2,1H3. The van der Waals surface area contributed by atoms with Crippen molar-refractivity contribution in [2.45, 2.75) is 24.5 Å². The van der Waals surface area contributed by atoms with Gasteiger partial charge in [0, 0.05) is 16.4 Å². The molecule has 32 heavy (non-hydrogen) atoms. The fourth-order valence-electron chi connectivity index (χ4n) is 4.02. The predicted octanol–water partition coefficient (Wildman–Crippen LogP) is 5.56. The molecule has 4 aromatic rings. The lowest BCUT2D eigenvalue weighted by atomic mass is 9.93. The normalized spacial score (nSPS) is 15.6. The first kappa shape index (κ1) is 21.2. The molecule has 0 saturated carbocycles. The number of fused-ring (bicyclic) bond motifs is 1. The number of amides is 1. The van der Waals surface area contributed by atoms with Crippen LogP contribution < -0.4 is 0 Å². The second-order valence-electron chi connectivity index (χ2n) is 7.66. The third kappa shape index (κ3) is 4.08. The smallest absolute Gasteiger partial charge is 0.233 e. The van der Waals surface area contributed by atoms with E-state index < -0.39 is 0 Å². The van der Waals surface area contributed by atoms with Crippen LogP contribution in [-0.2, 0) is 11.2 Å². The number of thioether (sulfide) groups is 1. The topological polar surface area (TPSA) is 51.0 Å². The van der Waals surface area contributed by atoms with Gasteiger partial charge in [0.25, 0.3) is 0 Å². The summed E-state index contributed by atoms with van der Waals surface area (Å²) in [5.41, 5.74) is 4.27. The lowest BCUT2D eigenvalue weighted by Gasteiger charge is -2.36. The summed E-state index contributed by atoms with van der Waals surface area (Å²) in [4.78, 5) is 16.8. The molecule has 162 valence electrons. The Hall–Kier alpha value is -2.61. The first-order chi connectivity index (χ1) is 15.6. The summed E-state index contributed by atoms with van der Waals surface area (Å²) < 4.78 is 1.87. The minimum Gasteiger partial charge on any atom is -0.330 e. The minimum atomic E-state index is -0.0481. The van der Waals surface area contributed by atoms with E-state index in [9.17, 15) is 4.79 Å². The van der Waals surface area contributed by atoms with Crippen LogP contribution in [0.1, 0.15) is 27.6 Å². The molecule has 5 rings (SSSR count). The zero-order valence-electron chi connectivity index (χ0n) is 17.4. The van der Waals surface area contributed by atoms with E-state index >= 15 is 0 Å². The molecule has 1 aliphatic heterocycles. The van der Waals surface area contributed by atoms with E-state index in [2.05, 4.69) is 33.8 Å². The van der Waals surface area contributed by atoms with Gasteiger partial charge in [0.05, 0.1) is 17.5 Å². The maximum absolute atomic E-state index is 13.4. The Labute approximate surface area is 200 Å². The highest BCUT2D eigenvalue weighted by molar-refractivity contribution is 7.99. The van der Waals surface area contributed by atoms with Crippen LogP contribution in [0.25, 0.3) is 5.69 Å².